The molecule has 3 aromatic heterocycles. The van der Waals surface area contributed by atoms with Gasteiger partial charge in [0.15, 0.2) is 5.82 Å². The number of rotatable bonds is 5. The van der Waals surface area contributed by atoms with Crippen LogP contribution in [0.15, 0.2) is 164 Å². The third kappa shape index (κ3) is 5.03. The Kier molecular flexibility index (Phi) is 7.49. The number of benzene rings is 7. The largest absolute Gasteiger partial charge is 0.309 e. The van der Waals surface area contributed by atoms with Crippen molar-refractivity contribution in [3.8, 4) is 63.5 Å². The molecule has 0 saturated heterocycles. The van der Waals surface area contributed by atoms with Crippen LogP contribution in [0.4, 0.5) is 0 Å². The van der Waals surface area contributed by atoms with Crippen molar-refractivity contribution in [3.05, 3.63) is 180 Å². The summed E-state index contributed by atoms with van der Waals surface area (Å²) in [6.07, 6.45) is 0. The zero-order chi connectivity index (χ0) is 37.8. The molecule has 0 bridgehead atoms. The van der Waals surface area contributed by atoms with E-state index in [1.807, 2.05) is 60.7 Å². The minimum Gasteiger partial charge on any atom is -0.309 e. The third-order valence-electron chi connectivity index (χ3n) is 10.5. The lowest BCUT2D eigenvalue weighted by Gasteiger charge is -2.15. The summed E-state index contributed by atoms with van der Waals surface area (Å²) in [6.45, 7) is 0. The standard InChI is InChI=1S/C49H27N7/c50-28-32-14-4-5-15-37(32)49-53-42(31-12-2-1-3-13-31)27-43(54-49)48-33(29-51)24-36(25-34(48)30-52)56-46-21-11-8-18-40(46)41-26-35(22-23-47(41)56)55-44-19-9-6-16-38(44)39-17-7-10-20-45(39)55/h1-27H. The van der Waals surface area contributed by atoms with E-state index >= 15 is 0 Å². The number of hydrogen-bond acceptors (Lipinski definition) is 5. The highest BCUT2D eigenvalue weighted by Crippen LogP contribution is 2.39. The van der Waals surface area contributed by atoms with E-state index in [0.717, 1.165) is 44.1 Å². The van der Waals surface area contributed by atoms with Crippen LogP contribution in [-0.4, -0.2) is 19.1 Å². The van der Waals surface area contributed by atoms with Gasteiger partial charge in [-0.1, -0.05) is 97.1 Å². The Morgan fingerprint density at radius 2 is 0.893 bits per heavy atom. The van der Waals surface area contributed by atoms with Crippen molar-refractivity contribution in [1.82, 2.24) is 19.1 Å². The van der Waals surface area contributed by atoms with E-state index in [0.29, 0.717) is 50.7 Å². The molecule has 0 saturated carbocycles. The number of nitrogens with zero attached hydrogens (tertiary/aromatic N) is 7. The van der Waals surface area contributed by atoms with Crippen molar-refractivity contribution in [2.45, 2.75) is 0 Å². The third-order valence-corrected chi connectivity index (χ3v) is 10.5. The molecule has 7 nitrogen and oxygen atoms in total. The van der Waals surface area contributed by atoms with Crippen molar-refractivity contribution in [3.63, 3.8) is 0 Å². The first-order chi connectivity index (χ1) is 27.6. The van der Waals surface area contributed by atoms with Gasteiger partial charge in [0.05, 0.1) is 68.4 Å². The molecular weight excluding hydrogens is 687 g/mol. The Hall–Kier alpha value is -8.31. The lowest BCUT2D eigenvalue weighted by molar-refractivity contribution is 1.15. The number of aromatic nitrogens is 4. The van der Waals surface area contributed by atoms with Crippen LogP contribution in [0.25, 0.3) is 88.9 Å². The summed E-state index contributed by atoms with van der Waals surface area (Å²) >= 11 is 0. The molecule has 0 fully saturated rings. The van der Waals surface area contributed by atoms with Crippen molar-refractivity contribution in [1.29, 1.82) is 15.8 Å². The second-order valence-corrected chi connectivity index (χ2v) is 13.5. The van der Waals surface area contributed by atoms with Gasteiger partial charge in [0.2, 0.25) is 0 Å². The minimum atomic E-state index is 0.295. The first kappa shape index (κ1) is 32.3. The van der Waals surface area contributed by atoms with Gasteiger partial charge in [0.1, 0.15) is 0 Å². The van der Waals surface area contributed by atoms with Crippen LogP contribution >= 0.6 is 0 Å². The van der Waals surface area contributed by atoms with Gasteiger partial charge in [0.25, 0.3) is 0 Å². The first-order valence-corrected chi connectivity index (χ1v) is 18.1. The van der Waals surface area contributed by atoms with E-state index in [4.69, 9.17) is 9.97 Å². The SMILES string of the molecule is N#Cc1ccccc1-c1nc(-c2ccccc2)cc(-c2c(C#N)cc(-n3c4ccccc4c4cc(-n5c6ccccc6c6ccccc65)ccc43)cc2C#N)n1. The highest BCUT2D eigenvalue weighted by Gasteiger charge is 2.22. The molecule has 3 heterocycles. The van der Waals surface area contributed by atoms with E-state index in [2.05, 4.69) is 106 Å². The molecule has 0 aliphatic heterocycles. The highest BCUT2D eigenvalue weighted by molar-refractivity contribution is 6.12. The van der Waals surface area contributed by atoms with Gasteiger partial charge < -0.3 is 9.13 Å². The van der Waals surface area contributed by atoms with E-state index in [-0.39, 0.29) is 0 Å². The normalized spacial score (nSPS) is 11.2. The monoisotopic (exact) mass is 713 g/mol. The van der Waals surface area contributed by atoms with Crippen LogP contribution in [0, 0.1) is 34.0 Å². The van der Waals surface area contributed by atoms with Crippen molar-refractivity contribution >= 4 is 43.6 Å². The Labute approximate surface area is 321 Å². The van der Waals surface area contributed by atoms with E-state index in [1.165, 1.54) is 10.8 Å². The summed E-state index contributed by atoms with van der Waals surface area (Å²) < 4.78 is 4.43. The Morgan fingerprint density at radius 1 is 0.393 bits per heavy atom. The molecule has 0 radical (unpaired) electrons. The number of hydrogen-bond donors (Lipinski definition) is 0. The van der Waals surface area contributed by atoms with Crippen molar-refractivity contribution < 1.29 is 0 Å². The van der Waals surface area contributed by atoms with Crippen LogP contribution in [0.5, 0.6) is 0 Å². The van der Waals surface area contributed by atoms with E-state index in [1.54, 1.807) is 24.3 Å². The van der Waals surface area contributed by atoms with E-state index < -0.39 is 0 Å². The molecular formula is C49H27N7. The zero-order valence-electron chi connectivity index (χ0n) is 29.7. The summed E-state index contributed by atoms with van der Waals surface area (Å²) in [4.78, 5) is 9.79. The van der Waals surface area contributed by atoms with Gasteiger partial charge >= 0.3 is 0 Å². The Bertz CT molecular complexity index is 3260. The van der Waals surface area contributed by atoms with Gasteiger partial charge in [0, 0.05) is 49.6 Å². The fraction of sp³-hybridized carbons (Fsp3) is 0. The van der Waals surface area contributed by atoms with Crippen LogP contribution in [-0.2, 0) is 0 Å². The number of para-hydroxylation sites is 3. The maximum absolute atomic E-state index is 10.8. The minimum absolute atomic E-state index is 0.295. The van der Waals surface area contributed by atoms with Gasteiger partial charge in [-0.15, -0.1) is 0 Å². The molecule has 7 aromatic carbocycles. The van der Waals surface area contributed by atoms with E-state index in [9.17, 15) is 15.8 Å². The molecule has 0 aliphatic carbocycles. The molecule has 0 amide bonds. The summed E-state index contributed by atoms with van der Waals surface area (Å²) in [6, 6.07) is 60.9. The fourth-order valence-electron chi connectivity index (χ4n) is 8.02. The zero-order valence-corrected chi connectivity index (χ0v) is 29.7. The van der Waals surface area contributed by atoms with Crippen LogP contribution < -0.4 is 0 Å². The topological polar surface area (TPSA) is 107 Å². The van der Waals surface area contributed by atoms with Crippen LogP contribution in [0.2, 0.25) is 0 Å². The van der Waals surface area contributed by atoms with Crippen molar-refractivity contribution in [2.75, 3.05) is 0 Å². The second-order valence-electron chi connectivity index (χ2n) is 13.5. The quantitative estimate of drug-likeness (QED) is 0.176. The summed E-state index contributed by atoms with van der Waals surface area (Å²) in [5, 5.41) is 35.9. The fourth-order valence-corrected chi connectivity index (χ4v) is 8.02. The number of nitriles is 3. The first-order valence-electron chi connectivity index (χ1n) is 18.1. The molecule has 10 rings (SSSR count). The summed E-state index contributed by atoms with van der Waals surface area (Å²) in [5.74, 6) is 0.330. The smallest absolute Gasteiger partial charge is 0.161 e. The Balaban J connectivity index is 1.19. The maximum atomic E-state index is 10.8. The predicted octanol–water partition coefficient (Wildman–Crippen LogP) is 11.3. The van der Waals surface area contributed by atoms with Crippen LogP contribution in [0.1, 0.15) is 16.7 Å². The number of fused-ring (bicyclic) bond motifs is 6. The molecule has 0 aliphatic rings. The van der Waals surface area contributed by atoms with Gasteiger partial charge in [-0.2, -0.15) is 15.8 Å². The highest BCUT2D eigenvalue weighted by atomic mass is 15.0. The van der Waals surface area contributed by atoms with Gasteiger partial charge in [-0.3, -0.25) is 0 Å². The van der Waals surface area contributed by atoms with Crippen molar-refractivity contribution in [2.24, 2.45) is 0 Å². The van der Waals surface area contributed by atoms with Gasteiger partial charge in [-0.25, -0.2) is 9.97 Å². The molecule has 258 valence electrons. The van der Waals surface area contributed by atoms with Gasteiger partial charge in [-0.05, 0) is 66.7 Å². The average molecular weight is 714 g/mol. The molecule has 7 heteroatoms. The second kappa shape index (κ2) is 13.0. The summed E-state index contributed by atoms with van der Waals surface area (Å²) in [5.41, 5.74) is 9.72. The summed E-state index contributed by atoms with van der Waals surface area (Å²) in [7, 11) is 0. The lowest BCUT2D eigenvalue weighted by Crippen LogP contribution is -2.02. The predicted molar refractivity (Wildman–Crippen MR) is 221 cm³/mol. The molecule has 0 N–H and O–H groups in total. The molecule has 56 heavy (non-hydrogen) atoms. The van der Waals surface area contributed by atoms with Crippen LogP contribution in [0.3, 0.4) is 0 Å². The average Bonchev–Trinajstić information content (AvgIpc) is 3.78. The molecule has 0 atom stereocenters. The molecule has 0 unspecified atom stereocenters. The molecule has 10 aromatic rings. The lowest BCUT2D eigenvalue weighted by atomic mass is 9.96. The maximum Gasteiger partial charge on any atom is 0.161 e. The molecule has 0 spiro atoms. The Morgan fingerprint density at radius 3 is 1.52 bits per heavy atom.